The van der Waals surface area contributed by atoms with Gasteiger partial charge in [-0.1, -0.05) is 54.4 Å². The number of nitrogens with zero attached hydrogens (tertiary/aromatic N) is 2. The molecule has 0 saturated heterocycles. The molecule has 0 aliphatic heterocycles. The zero-order valence-corrected chi connectivity index (χ0v) is 13.4. The molecular weight excluding hydrogens is 196 g/mol. The molecule has 0 atom stereocenters. The van der Waals surface area contributed by atoms with E-state index in [1.165, 1.54) is 0 Å². The minimum absolute atomic E-state index is 0. The van der Waals surface area contributed by atoms with Crippen molar-refractivity contribution in [2.45, 2.75) is 65.5 Å². The third-order valence-corrected chi connectivity index (χ3v) is 2.94. The van der Waals surface area contributed by atoms with Crippen LogP contribution in [0.15, 0.2) is 0 Å². The maximum absolute atomic E-state index is 4.14. The van der Waals surface area contributed by atoms with Crippen LogP contribution >= 0.6 is 0 Å². The van der Waals surface area contributed by atoms with Gasteiger partial charge in [0.15, 0.2) is 0 Å². The molecule has 0 amide bonds. The van der Waals surface area contributed by atoms with E-state index >= 15 is 0 Å². The van der Waals surface area contributed by atoms with Crippen molar-refractivity contribution in [2.75, 3.05) is 14.1 Å². The van der Waals surface area contributed by atoms with Crippen molar-refractivity contribution in [1.29, 1.82) is 0 Å². The Hall–Kier alpha value is 0.686. The van der Waals surface area contributed by atoms with E-state index in [4.69, 9.17) is 0 Å². The maximum Gasteiger partial charge on any atom is 2.00 e. The quantitative estimate of drug-likeness (QED) is 0.647. The summed E-state index contributed by atoms with van der Waals surface area (Å²) < 4.78 is 0. The molecule has 0 aliphatic carbocycles. The van der Waals surface area contributed by atoms with Gasteiger partial charge in [0.25, 0.3) is 0 Å². The van der Waals surface area contributed by atoms with Crippen molar-refractivity contribution in [3.63, 3.8) is 0 Å². The second-order valence-electron chi connectivity index (χ2n) is 4.78. The molecule has 0 heterocycles. The van der Waals surface area contributed by atoms with Crippen molar-refractivity contribution in [1.82, 2.24) is 0 Å². The van der Waals surface area contributed by atoms with Crippen LogP contribution in [-0.4, -0.2) is 48.2 Å². The summed E-state index contributed by atoms with van der Waals surface area (Å²) in [5.74, 6) is 0. The van der Waals surface area contributed by atoms with Crippen molar-refractivity contribution in [3.8, 4) is 0 Å². The van der Waals surface area contributed by atoms with Crippen molar-refractivity contribution < 1.29 is 0 Å². The Balaban J connectivity index is -0.000000180. The Kier molecular flexibility index (Phi) is 13.8. The molecule has 0 aromatic rings. The standard InChI is InChI=1S/2C6H14N.Mg/c2*1-5-6(2,3)7-4;/h2*5H2,1-4H3;/q2*-1;+2. The van der Waals surface area contributed by atoms with Gasteiger partial charge in [0.05, 0.1) is 0 Å². The van der Waals surface area contributed by atoms with Crippen LogP contribution in [0.1, 0.15) is 54.4 Å². The fourth-order valence-corrected chi connectivity index (χ4v) is 0.316. The van der Waals surface area contributed by atoms with Crippen LogP contribution in [0.25, 0.3) is 10.6 Å². The molecule has 0 aliphatic rings. The third-order valence-electron chi connectivity index (χ3n) is 2.94. The molecule has 0 aromatic heterocycles. The van der Waals surface area contributed by atoms with E-state index in [-0.39, 0.29) is 34.1 Å². The predicted molar refractivity (Wildman–Crippen MR) is 73.1 cm³/mol. The van der Waals surface area contributed by atoms with Gasteiger partial charge in [-0.25, -0.2) is 0 Å². The smallest absolute Gasteiger partial charge is 0.660 e. The third kappa shape index (κ3) is 14.7. The van der Waals surface area contributed by atoms with E-state index < -0.39 is 0 Å². The fourth-order valence-electron chi connectivity index (χ4n) is 0.316. The molecule has 88 valence electrons. The van der Waals surface area contributed by atoms with E-state index in [1.54, 1.807) is 0 Å². The van der Waals surface area contributed by atoms with E-state index in [1.807, 2.05) is 14.1 Å². The molecule has 0 spiro atoms. The van der Waals surface area contributed by atoms with Gasteiger partial charge in [0, 0.05) is 0 Å². The molecule has 0 unspecified atom stereocenters. The molecule has 0 fully saturated rings. The van der Waals surface area contributed by atoms with Gasteiger partial charge in [0.2, 0.25) is 0 Å². The average molecular weight is 225 g/mol. The van der Waals surface area contributed by atoms with E-state index in [0.717, 1.165) is 12.8 Å². The molecule has 0 radical (unpaired) electrons. The Bertz CT molecular complexity index is 106. The monoisotopic (exact) mass is 224 g/mol. The molecule has 0 rings (SSSR count). The normalized spacial score (nSPS) is 11.2. The summed E-state index contributed by atoms with van der Waals surface area (Å²) in [5.41, 5.74) is 0.417. The van der Waals surface area contributed by atoms with Crippen LogP contribution in [0.4, 0.5) is 0 Å². The van der Waals surface area contributed by atoms with Crippen molar-refractivity contribution in [3.05, 3.63) is 10.6 Å². The molecule has 0 bridgehead atoms. The van der Waals surface area contributed by atoms with Gasteiger partial charge in [-0.2, -0.15) is 14.1 Å². The van der Waals surface area contributed by atoms with Crippen LogP contribution in [0.2, 0.25) is 0 Å². The van der Waals surface area contributed by atoms with Gasteiger partial charge in [-0.05, 0) is 0 Å². The summed E-state index contributed by atoms with van der Waals surface area (Å²) in [6.45, 7) is 12.8. The molecule has 0 saturated carbocycles. The fraction of sp³-hybridized carbons (Fsp3) is 1.00. The first-order chi connectivity index (χ1) is 6.24. The summed E-state index contributed by atoms with van der Waals surface area (Å²) in [5, 5.41) is 8.28. The van der Waals surface area contributed by atoms with Crippen LogP contribution < -0.4 is 0 Å². The van der Waals surface area contributed by atoms with Gasteiger partial charge in [0.1, 0.15) is 0 Å². The zero-order chi connectivity index (χ0) is 11.8. The summed E-state index contributed by atoms with van der Waals surface area (Å²) >= 11 is 0. The second kappa shape index (κ2) is 9.88. The van der Waals surface area contributed by atoms with E-state index in [2.05, 4.69) is 52.2 Å². The first-order valence-corrected chi connectivity index (χ1v) is 5.46. The summed E-state index contributed by atoms with van der Waals surface area (Å²) in [6.07, 6.45) is 2.26. The Morgan fingerprint density at radius 3 is 0.933 bits per heavy atom. The van der Waals surface area contributed by atoms with Crippen molar-refractivity contribution in [2.24, 2.45) is 0 Å². The van der Waals surface area contributed by atoms with Gasteiger partial charge in [-0.15, -0.1) is 11.1 Å². The van der Waals surface area contributed by atoms with Gasteiger partial charge < -0.3 is 10.6 Å². The topological polar surface area (TPSA) is 28.2 Å². The summed E-state index contributed by atoms with van der Waals surface area (Å²) in [7, 11) is 3.73. The van der Waals surface area contributed by atoms with Gasteiger partial charge in [-0.3, -0.25) is 0 Å². The van der Waals surface area contributed by atoms with Crippen LogP contribution in [0, 0.1) is 0 Å². The summed E-state index contributed by atoms with van der Waals surface area (Å²) in [6, 6.07) is 0. The van der Waals surface area contributed by atoms with Crippen LogP contribution in [-0.2, 0) is 0 Å². The molecule has 0 N–H and O–H groups in total. The molecular formula is C12H28MgN2. The SMILES string of the molecule is CCC(C)(C)[N-]C.CCC(C)(C)[N-]C.[Mg+2]. The Labute approximate surface area is 113 Å². The van der Waals surface area contributed by atoms with Crippen LogP contribution in [0.5, 0.6) is 0 Å². The first kappa shape index (κ1) is 21.0. The van der Waals surface area contributed by atoms with E-state index in [0.29, 0.717) is 0 Å². The minimum Gasteiger partial charge on any atom is -0.660 e. The number of hydrogen-bond donors (Lipinski definition) is 0. The Morgan fingerprint density at radius 2 is 0.933 bits per heavy atom. The Morgan fingerprint density at radius 1 is 0.733 bits per heavy atom. The maximum atomic E-state index is 4.14. The summed E-state index contributed by atoms with van der Waals surface area (Å²) in [4.78, 5) is 0. The molecule has 3 heteroatoms. The van der Waals surface area contributed by atoms with Crippen LogP contribution in [0.3, 0.4) is 0 Å². The number of rotatable bonds is 4. The first-order valence-electron chi connectivity index (χ1n) is 5.46. The predicted octanol–water partition coefficient (Wildman–Crippen LogP) is 3.98. The minimum atomic E-state index is 0. The zero-order valence-electron chi connectivity index (χ0n) is 12.0. The van der Waals surface area contributed by atoms with E-state index in [9.17, 15) is 0 Å². The van der Waals surface area contributed by atoms with Crippen molar-refractivity contribution >= 4 is 23.1 Å². The molecule has 2 nitrogen and oxygen atoms in total. The van der Waals surface area contributed by atoms with Gasteiger partial charge >= 0.3 is 23.1 Å². The largest absolute Gasteiger partial charge is 2.00 e. The average Bonchev–Trinajstić information content (AvgIpc) is 2.19. The second-order valence-corrected chi connectivity index (χ2v) is 4.78. The molecule has 0 aromatic carbocycles. The molecule has 15 heavy (non-hydrogen) atoms. The number of hydrogen-bond acceptors (Lipinski definition) is 0.